The van der Waals surface area contributed by atoms with E-state index in [-0.39, 0.29) is 18.5 Å². The van der Waals surface area contributed by atoms with Gasteiger partial charge in [0.25, 0.3) is 0 Å². The molecule has 2 fully saturated rings. The van der Waals surface area contributed by atoms with E-state index in [1.165, 1.54) is 18.9 Å². The fraction of sp³-hybridized carbons (Fsp3) is 0.526. The highest BCUT2D eigenvalue weighted by atomic mass is 16.8. The van der Waals surface area contributed by atoms with Gasteiger partial charge < -0.3 is 29.3 Å². The highest BCUT2D eigenvalue weighted by molar-refractivity contribution is 5.90. The number of hydrogen-bond donors (Lipinski definition) is 1. The number of hydrogen-bond acceptors (Lipinski definition) is 9. The highest BCUT2D eigenvalue weighted by Gasteiger charge is 2.36. The van der Waals surface area contributed by atoms with Crippen molar-refractivity contribution in [2.45, 2.75) is 19.1 Å². The first-order valence-electron chi connectivity index (χ1n) is 9.71. The number of carbonyl (C=O) groups excluding carboxylic acids is 3. The van der Waals surface area contributed by atoms with Crippen LogP contribution < -0.4 is 19.9 Å². The van der Waals surface area contributed by atoms with E-state index in [1.54, 1.807) is 5.06 Å². The summed E-state index contributed by atoms with van der Waals surface area (Å²) in [5.74, 6) is 0.516. The summed E-state index contributed by atoms with van der Waals surface area (Å²) in [5.41, 5.74) is 1.60. The third-order valence-corrected chi connectivity index (χ3v) is 5.26. The predicted molar refractivity (Wildman–Crippen MR) is 104 cm³/mol. The Morgan fingerprint density at radius 2 is 2.10 bits per heavy atom. The lowest BCUT2D eigenvalue weighted by Crippen LogP contribution is -2.57. The zero-order valence-corrected chi connectivity index (χ0v) is 16.8. The fourth-order valence-corrected chi connectivity index (χ4v) is 3.82. The van der Waals surface area contributed by atoms with Crippen molar-refractivity contribution in [1.82, 2.24) is 10.4 Å². The molecule has 2 saturated heterocycles. The summed E-state index contributed by atoms with van der Waals surface area (Å²) in [6.07, 6.45) is -1.59. The van der Waals surface area contributed by atoms with Crippen molar-refractivity contribution in [3.63, 3.8) is 0 Å². The van der Waals surface area contributed by atoms with E-state index in [2.05, 4.69) is 15.0 Å². The van der Waals surface area contributed by atoms with Gasteiger partial charge in [0.1, 0.15) is 18.5 Å². The maximum absolute atomic E-state index is 12.3. The van der Waals surface area contributed by atoms with Gasteiger partial charge in [0.05, 0.1) is 50.7 Å². The Labute approximate surface area is 173 Å². The normalized spacial score (nSPS) is 23.1. The monoisotopic (exact) mass is 420 g/mol. The summed E-state index contributed by atoms with van der Waals surface area (Å²) < 4.78 is 15.8. The number of cyclic esters (lactones) is 1. The quantitative estimate of drug-likeness (QED) is 0.705. The molecule has 11 heteroatoms. The number of fused-ring (bicyclic) bond motifs is 3. The summed E-state index contributed by atoms with van der Waals surface area (Å²) in [7, 11) is 1.27. The number of anilines is 2. The van der Waals surface area contributed by atoms with Gasteiger partial charge in [0, 0.05) is 19.5 Å². The summed E-state index contributed by atoms with van der Waals surface area (Å²) in [5, 5.41) is 4.24. The van der Waals surface area contributed by atoms with Gasteiger partial charge in [-0.3, -0.25) is 9.69 Å². The van der Waals surface area contributed by atoms with Crippen LogP contribution >= 0.6 is 0 Å². The Hall–Kier alpha value is -3.21. The maximum atomic E-state index is 12.3. The molecule has 2 amide bonds. The molecule has 0 aliphatic carbocycles. The van der Waals surface area contributed by atoms with Crippen LogP contribution in [0.4, 0.5) is 21.0 Å². The summed E-state index contributed by atoms with van der Waals surface area (Å²) in [4.78, 5) is 43.5. The molecular weight excluding hydrogens is 396 g/mol. The van der Waals surface area contributed by atoms with Crippen molar-refractivity contribution >= 4 is 29.5 Å². The number of rotatable bonds is 4. The molecular formula is C19H24N4O7. The van der Waals surface area contributed by atoms with E-state index >= 15 is 0 Å². The van der Waals surface area contributed by atoms with Gasteiger partial charge in [-0.15, -0.1) is 5.06 Å². The number of amides is 2. The lowest BCUT2D eigenvalue weighted by Gasteiger charge is -2.44. The Bertz CT molecular complexity index is 848. The van der Waals surface area contributed by atoms with E-state index in [9.17, 15) is 14.4 Å². The van der Waals surface area contributed by atoms with Crippen LogP contribution in [0.2, 0.25) is 0 Å². The largest absolute Gasteiger partial charge is 0.527 e. The molecule has 1 aromatic rings. The van der Waals surface area contributed by atoms with E-state index in [1.807, 2.05) is 18.2 Å². The average molecular weight is 420 g/mol. The van der Waals surface area contributed by atoms with Crippen LogP contribution in [0, 0.1) is 0 Å². The van der Waals surface area contributed by atoms with Crippen molar-refractivity contribution in [1.29, 1.82) is 0 Å². The fourth-order valence-electron chi connectivity index (χ4n) is 3.82. The van der Waals surface area contributed by atoms with Crippen LogP contribution in [-0.2, 0) is 19.1 Å². The number of methoxy groups -OCH3 is 1. The second-order valence-corrected chi connectivity index (χ2v) is 7.30. The molecule has 0 aromatic heterocycles. The molecule has 1 aromatic carbocycles. The van der Waals surface area contributed by atoms with Crippen molar-refractivity contribution in [2.24, 2.45) is 0 Å². The number of nitrogens with one attached hydrogen (secondary N) is 1. The molecule has 162 valence electrons. The van der Waals surface area contributed by atoms with Crippen LogP contribution in [0.1, 0.15) is 6.92 Å². The van der Waals surface area contributed by atoms with E-state index in [4.69, 9.17) is 14.3 Å². The van der Waals surface area contributed by atoms with Crippen molar-refractivity contribution in [2.75, 3.05) is 56.2 Å². The minimum absolute atomic E-state index is 0.0283. The lowest BCUT2D eigenvalue weighted by molar-refractivity contribution is -0.135. The standard InChI is InChI=1S/C19H24N4O7/c1-12(24)20-8-15-10-23(18(25)29-15)13-3-4-16-17(7-13)28-11-14-9-21(5-6-22(14)16)30-19(26)27-2/h3-4,7,14-15H,5-6,8-11H2,1-2H3,(H,20,24)/t14-,15-/m0/s1. The Kier molecular flexibility index (Phi) is 5.53. The van der Waals surface area contributed by atoms with E-state index < -0.39 is 18.4 Å². The third-order valence-electron chi connectivity index (χ3n) is 5.26. The first-order chi connectivity index (χ1) is 14.4. The Balaban J connectivity index is 1.43. The summed E-state index contributed by atoms with van der Waals surface area (Å²) in [6, 6.07) is 5.62. The smallest absolute Gasteiger partial charge is 0.489 e. The zero-order chi connectivity index (χ0) is 21.3. The van der Waals surface area contributed by atoms with Gasteiger partial charge in [-0.25, -0.2) is 9.59 Å². The van der Waals surface area contributed by atoms with Gasteiger partial charge in [-0.1, -0.05) is 0 Å². The van der Waals surface area contributed by atoms with Crippen LogP contribution in [0.15, 0.2) is 18.2 Å². The Morgan fingerprint density at radius 1 is 1.27 bits per heavy atom. The van der Waals surface area contributed by atoms with Crippen LogP contribution in [-0.4, -0.2) is 81.8 Å². The second kappa shape index (κ2) is 8.27. The molecule has 4 rings (SSSR count). The summed E-state index contributed by atoms with van der Waals surface area (Å²) >= 11 is 0. The van der Waals surface area contributed by atoms with Gasteiger partial charge >= 0.3 is 12.2 Å². The van der Waals surface area contributed by atoms with Crippen molar-refractivity contribution in [3.05, 3.63) is 18.2 Å². The molecule has 2 atom stereocenters. The molecule has 11 nitrogen and oxygen atoms in total. The first kappa shape index (κ1) is 20.1. The molecule has 3 aliphatic heterocycles. The molecule has 0 saturated carbocycles. The molecule has 0 unspecified atom stereocenters. The van der Waals surface area contributed by atoms with Gasteiger partial charge in [0.2, 0.25) is 5.91 Å². The van der Waals surface area contributed by atoms with Gasteiger partial charge in [-0.05, 0) is 12.1 Å². The number of nitrogens with zero attached hydrogens (tertiary/aromatic N) is 3. The molecule has 0 spiro atoms. The van der Waals surface area contributed by atoms with Gasteiger partial charge in [0.15, 0.2) is 0 Å². The molecule has 3 heterocycles. The number of piperazine rings is 1. The maximum Gasteiger partial charge on any atom is 0.527 e. The minimum atomic E-state index is -0.737. The first-order valence-corrected chi connectivity index (χ1v) is 9.71. The second-order valence-electron chi connectivity index (χ2n) is 7.30. The molecule has 1 N–H and O–H groups in total. The van der Waals surface area contributed by atoms with Crippen molar-refractivity contribution < 1.29 is 33.4 Å². The topological polar surface area (TPSA) is 110 Å². The lowest BCUT2D eigenvalue weighted by atomic mass is 10.1. The highest BCUT2D eigenvalue weighted by Crippen LogP contribution is 2.39. The van der Waals surface area contributed by atoms with Crippen LogP contribution in [0.25, 0.3) is 0 Å². The summed E-state index contributed by atoms with van der Waals surface area (Å²) in [6.45, 7) is 4.16. The van der Waals surface area contributed by atoms with Crippen LogP contribution in [0.3, 0.4) is 0 Å². The molecule has 0 radical (unpaired) electrons. The predicted octanol–water partition coefficient (Wildman–Crippen LogP) is 0.729. The van der Waals surface area contributed by atoms with E-state index in [0.29, 0.717) is 44.2 Å². The van der Waals surface area contributed by atoms with Gasteiger partial charge in [-0.2, -0.15) is 0 Å². The number of hydroxylamine groups is 2. The SMILES string of the molecule is COC(=O)ON1CCN2c3ccc(N4C[C@H](CNC(C)=O)OC4=O)cc3OC[C@@H]2C1. The minimum Gasteiger partial charge on any atom is -0.489 e. The number of carbonyl (C=O) groups is 3. The van der Waals surface area contributed by atoms with Crippen molar-refractivity contribution in [3.8, 4) is 5.75 Å². The Morgan fingerprint density at radius 3 is 2.87 bits per heavy atom. The third kappa shape index (κ3) is 4.06. The number of benzene rings is 1. The zero-order valence-electron chi connectivity index (χ0n) is 16.8. The number of ether oxygens (including phenoxy) is 3. The molecule has 0 bridgehead atoms. The van der Waals surface area contributed by atoms with E-state index in [0.717, 1.165) is 5.69 Å². The van der Waals surface area contributed by atoms with Crippen LogP contribution in [0.5, 0.6) is 5.75 Å². The molecule has 30 heavy (non-hydrogen) atoms. The molecule has 3 aliphatic rings. The average Bonchev–Trinajstić information content (AvgIpc) is 3.12.